The number of nitriles is 1. The van der Waals surface area contributed by atoms with Crippen molar-refractivity contribution in [3.63, 3.8) is 0 Å². The maximum absolute atomic E-state index is 9.07. The van der Waals surface area contributed by atoms with Crippen LogP contribution in [0.2, 0.25) is 0 Å². The van der Waals surface area contributed by atoms with Crippen LogP contribution in [0.4, 0.5) is 0 Å². The van der Waals surface area contributed by atoms with Crippen LogP contribution in [-0.4, -0.2) is 17.5 Å². The minimum absolute atomic E-state index is 0.598. The lowest BCUT2D eigenvalue weighted by molar-refractivity contribution is 0.383. The first-order chi connectivity index (χ1) is 8.85. The van der Waals surface area contributed by atoms with Crippen molar-refractivity contribution >= 4 is 11.8 Å². The monoisotopic (exact) mass is 260 g/mol. The zero-order valence-electron chi connectivity index (χ0n) is 10.9. The van der Waals surface area contributed by atoms with Crippen LogP contribution in [-0.2, 0) is 6.54 Å². The number of benzene rings is 1. The summed E-state index contributed by atoms with van der Waals surface area (Å²) in [6, 6.07) is 10.7. The summed E-state index contributed by atoms with van der Waals surface area (Å²) in [4.78, 5) is 0. The molecule has 1 N–H and O–H groups in total. The highest BCUT2D eigenvalue weighted by Crippen LogP contribution is 2.27. The molecule has 0 spiro atoms. The zero-order valence-corrected chi connectivity index (χ0v) is 11.7. The van der Waals surface area contributed by atoms with Gasteiger partial charge in [-0.25, -0.2) is 0 Å². The van der Waals surface area contributed by atoms with Gasteiger partial charge in [-0.1, -0.05) is 31.0 Å². The maximum Gasteiger partial charge on any atom is 0.0995 e. The third-order valence-electron chi connectivity index (χ3n) is 3.70. The van der Waals surface area contributed by atoms with Gasteiger partial charge in [0.05, 0.1) is 11.6 Å². The van der Waals surface area contributed by atoms with E-state index < -0.39 is 0 Å². The summed E-state index contributed by atoms with van der Waals surface area (Å²) < 4.78 is 0. The van der Waals surface area contributed by atoms with Crippen molar-refractivity contribution in [2.24, 2.45) is 0 Å². The van der Waals surface area contributed by atoms with Gasteiger partial charge in [0.2, 0.25) is 0 Å². The lowest BCUT2D eigenvalue weighted by Gasteiger charge is -2.31. The summed E-state index contributed by atoms with van der Waals surface area (Å²) in [5, 5.41) is 13.4. The molecular weight excluding hydrogens is 240 g/mol. The minimum Gasteiger partial charge on any atom is -0.309 e. The molecule has 1 fully saturated rings. The third-order valence-corrected chi connectivity index (χ3v) is 4.87. The first-order valence-electron chi connectivity index (χ1n) is 6.59. The summed E-state index contributed by atoms with van der Waals surface area (Å²) in [6.45, 7) is 0.811. The molecule has 0 saturated heterocycles. The molecule has 1 aliphatic carbocycles. The number of nitrogens with zero attached hydrogens (tertiary/aromatic N) is 1. The second-order valence-electron chi connectivity index (χ2n) is 4.81. The zero-order chi connectivity index (χ0) is 12.8. The van der Waals surface area contributed by atoms with Crippen LogP contribution in [0.5, 0.6) is 0 Å². The quantitative estimate of drug-likeness (QED) is 0.902. The Morgan fingerprint density at radius 1 is 1.33 bits per heavy atom. The van der Waals surface area contributed by atoms with Crippen molar-refractivity contribution in [2.75, 3.05) is 6.26 Å². The van der Waals surface area contributed by atoms with Crippen molar-refractivity contribution in [1.29, 1.82) is 5.26 Å². The third kappa shape index (κ3) is 3.28. The van der Waals surface area contributed by atoms with E-state index in [2.05, 4.69) is 17.6 Å². The molecule has 96 valence electrons. The Morgan fingerprint density at radius 3 is 2.89 bits per heavy atom. The Morgan fingerprint density at radius 2 is 2.11 bits per heavy atom. The van der Waals surface area contributed by atoms with Gasteiger partial charge in [-0.3, -0.25) is 0 Å². The standard InChI is InChI=1S/C15H20N2S/c1-18-15-9-5-4-8-14(15)17-11-13-7-3-2-6-12(13)10-16/h2-3,6-7,14-15,17H,4-5,8-9,11H2,1H3. The van der Waals surface area contributed by atoms with Gasteiger partial charge in [0.15, 0.2) is 0 Å². The molecule has 0 bridgehead atoms. The van der Waals surface area contributed by atoms with Crippen LogP contribution in [0.25, 0.3) is 0 Å². The SMILES string of the molecule is CSC1CCCCC1NCc1ccccc1C#N. The van der Waals surface area contributed by atoms with Crippen LogP contribution >= 0.6 is 11.8 Å². The van der Waals surface area contributed by atoms with E-state index in [1.807, 2.05) is 36.0 Å². The summed E-state index contributed by atoms with van der Waals surface area (Å²) in [5.41, 5.74) is 1.91. The normalized spacial score (nSPS) is 23.6. The molecule has 1 aromatic carbocycles. The van der Waals surface area contributed by atoms with E-state index in [1.165, 1.54) is 25.7 Å². The molecule has 2 nitrogen and oxygen atoms in total. The van der Waals surface area contributed by atoms with Crippen molar-refractivity contribution in [1.82, 2.24) is 5.32 Å². The molecule has 0 aromatic heterocycles. The van der Waals surface area contributed by atoms with Crippen LogP contribution in [0, 0.1) is 11.3 Å². The van der Waals surface area contributed by atoms with E-state index in [0.29, 0.717) is 6.04 Å². The largest absolute Gasteiger partial charge is 0.309 e. The molecule has 0 amide bonds. The molecule has 18 heavy (non-hydrogen) atoms. The Hall–Kier alpha value is -0.980. The fraction of sp³-hybridized carbons (Fsp3) is 0.533. The van der Waals surface area contributed by atoms with Gasteiger partial charge in [-0.2, -0.15) is 17.0 Å². The first-order valence-corrected chi connectivity index (χ1v) is 7.88. The molecule has 2 rings (SSSR count). The summed E-state index contributed by atoms with van der Waals surface area (Å²) in [6.07, 6.45) is 7.47. The van der Waals surface area contributed by atoms with Crippen molar-refractivity contribution in [3.05, 3.63) is 35.4 Å². The van der Waals surface area contributed by atoms with Gasteiger partial charge in [-0.15, -0.1) is 0 Å². The Bertz CT molecular complexity index is 425. The highest BCUT2D eigenvalue weighted by Gasteiger charge is 2.23. The average Bonchev–Trinajstić information content (AvgIpc) is 2.45. The lowest BCUT2D eigenvalue weighted by atomic mass is 9.94. The summed E-state index contributed by atoms with van der Waals surface area (Å²) in [5.74, 6) is 0. The molecule has 0 aliphatic heterocycles. The molecule has 0 heterocycles. The average molecular weight is 260 g/mol. The minimum atomic E-state index is 0.598. The van der Waals surface area contributed by atoms with Gasteiger partial charge in [0.25, 0.3) is 0 Å². The van der Waals surface area contributed by atoms with E-state index in [4.69, 9.17) is 5.26 Å². The fourth-order valence-electron chi connectivity index (χ4n) is 2.64. The molecule has 2 unspecified atom stereocenters. The van der Waals surface area contributed by atoms with E-state index in [-0.39, 0.29) is 0 Å². The van der Waals surface area contributed by atoms with Gasteiger partial charge in [0.1, 0.15) is 0 Å². The Kier molecular flexibility index (Phi) is 5.10. The highest BCUT2D eigenvalue weighted by atomic mass is 32.2. The van der Waals surface area contributed by atoms with Crippen LogP contribution in [0.15, 0.2) is 24.3 Å². The number of hydrogen-bond acceptors (Lipinski definition) is 3. The second kappa shape index (κ2) is 6.82. The summed E-state index contributed by atoms with van der Waals surface area (Å²) in [7, 11) is 0. The number of nitrogens with one attached hydrogen (secondary N) is 1. The van der Waals surface area contributed by atoms with Crippen LogP contribution < -0.4 is 5.32 Å². The Labute approximate surface area is 114 Å². The predicted molar refractivity (Wildman–Crippen MR) is 77.6 cm³/mol. The molecular formula is C15H20N2S. The van der Waals surface area contributed by atoms with E-state index in [9.17, 15) is 0 Å². The highest BCUT2D eigenvalue weighted by molar-refractivity contribution is 7.99. The van der Waals surface area contributed by atoms with E-state index in [1.54, 1.807) is 0 Å². The number of rotatable bonds is 4. The van der Waals surface area contributed by atoms with Crippen LogP contribution in [0.1, 0.15) is 36.8 Å². The van der Waals surface area contributed by atoms with Crippen molar-refractivity contribution in [3.8, 4) is 6.07 Å². The van der Waals surface area contributed by atoms with Gasteiger partial charge < -0.3 is 5.32 Å². The second-order valence-corrected chi connectivity index (χ2v) is 5.89. The maximum atomic E-state index is 9.07. The van der Waals surface area contributed by atoms with E-state index in [0.717, 1.165) is 22.9 Å². The van der Waals surface area contributed by atoms with Gasteiger partial charge in [-0.05, 0) is 30.7 Å². The fourth-order valence-corrected chi connectivity index (χ4v) is 3.60. The Balaban J connectivity index is 1.96. The molecule has 0 radical (unpaired) electrons. The first kappa shape index (κ1) is 13.5. The predicted octanol–water partition coefficient (Wildman–Crippen LogP) is 3.32. The van der Waals surface area contributed by atoms with Gasteiger partial charge in [0, 0.05) is 17.8 Å². The van der Waals surface area contributed by atoms with Crippen molar-refractivity contribution in [2.45, 2.75) is 43.5 Å². The molecule has 2 atom stereocenters. The topological polar surface area (TPSA) is 35.8 Å². The van der Waals surface area contributed by atoms with Crippen molar-refractivity contribution < 1.29 is 0 Å². The molecule has 1 aromatic rings. The molecule has 1 aliphatic rings. The lowest BCUT2D eigenvalue weighted by Crippen LogP contribution is -2.40. The molecule has 1 saturated carbocycles. The molecule has 3 heteroatoms. The summed E-state index contributed by atoms with van der Waals surface area (Å²) >= 11 is 1.97. The number of thioether (sulfide) groups is 1. The van der Waals surface area contributed by atoms with Gasteiger partial charge >= 0.3 is 0 Å². The number of hydrogen-bond donors (Lipinski definition) is 1. The van der Waals surface area contributed by atoms with Crippen LogP contribution in [0.3, 0.4) is 0 Å². The smallest absolute Gasteiger partial charge is 0.0995 e. The van der Waals surface area contributed by atoms with E-state index >= 15 is 0 Å².